The Balaban J connectivity index is 0.00000160. The van der Waals surface area contributed by atoms with Gasteiger partial charge in [-0.15, -0.1) is 24.8 Å². The Kier molecular flexibility index (Phi) is 9.72. The molecule has 2 aromatic carbocycles. The Morgan fingerprint density at radius 1 is 1.03 bits per heavy atom. The second-order valence-corrected chi connectivity index (χ2v) is 7.52. The minimum Gasteiger partial charge on any atom is -0.493 e. The molecular weight excluding hydrogens is 423 g/mol. The maximum Gasteiger partial charge on any atom is 0.161 e. The smallest absolute Gasteiger partial charge is 0.161 e. The standard InChI is InChI=1S/C23H30N2O3.2ClH/c1-26-21-14-18-8-9-24-23(19(18)15-22(21)27-2)20(17-6-4-3-5-7-17)16-25-10-12-28-13-11-25;;/h3-7,14-15,20,23-24H,8-13,16H2,1-2H3;2*1H. The number of hydrogen-bond donors (Lipinski definition) is 1. The van der Waals surface area contributed by atoms with Crippen molar-refractivity contribution in [2.75, 3.05) is 53.6 Å². The van der Waals surface area contributed by atoms with E-state index in [2.05, 4.69) is 52.7 Å². The molecule has 7 heteroatoms. The van der Waals surface area contributed by atoms with Crippen LogP contribution in [0.4, 0.5) is 0 Å². The van der Waals surface area contributed by atoms with Gasteiger partial charge in [-0.3, -0.25) is 4.90 Å². The normalized spacial score (nSPS) is 19.6. The predicted octanol–water partition coefficient (Wildman–Crippen LogP) is 3.85. The largest absolute Gasteiger partial charge is 0.493 e. The van der Waals surface area contributed by atoms with Crippen molar-refractivity contribution in [3.05, 3.63) is 59.2 Å². The Morgan fingerprint density at radius 2 is 1.70 bits per heavy atom. The number of fused-ring (bicyclic) bond motifs is 1. The molecule has 1 saturated heterocycles. The van der Waals surface area contributed by atoms with Crippen molar-refractivity contribution in [1.82, 2.24) is 10.2 Å². The van der Waals surface area contributed by atoms with Crippen molar-refractivity contribution in [3.63, 3.8) is 0 Å². The molecule has 1 N–H and O–H groups in total. The lowest BCUT2D eigenvalue weighted by molar-refractivity contribution is 0.0330. The molecule has 2 unspecified atom stereocenters. The van der Waals surface area contributed by atoms with Crippen LogP contribution in [0, 0.1) is 0 Å². The molecule has 0 bridgehead atoms. The van der Waals surface area contributed by atoms with Gasteiger partial charge in [0, 0.05) is 31.6 Å². The number of morpholine rings is 1. The number of benzene rings is 2. The monoisotopic (exact) mass is 454 g/mol. The van der Waals surface area contributed by atoms with E-state index in [1.165, 1.54) is 16.7 Å². The molecule has 4 rings (SSSR count). The third kappa shape index (κ3) is 5.40. The summed E-state index contributed by atoms with van der Waals surface area (Å²) >= 11 is 0. The molecule has 1 fully saturated rings. The number of hydrogen-bond acceptors (Lipinski definition) is 5. The van der Waals surface area contributed by atoms with E-state index in [1.807, 2.05) is 0 Å². The van der Waals surface area contributed by atoms with E-state index in [-0.39, 0.29) is 30.9 Å². The van der Waals surface area contributed by atoms with Gasteiger partial charge in [-0.25, -0.2) is 0 Å². The molecule has 2 atom stereocenters. The molecule has 30 heavy (non-hydrogen) atoms. The second kappa shape index (κ2) is 11.8. The zero-order valence-corrected chi connectivity index (χ0v) is 19.3. The van der Waals surface area contributed by atoms with E-state index in [4.69, 9.17) is 14.2 Å². The fourth-order valence-corrected chi connectivity index (χ4v) is 4.44. The van der Waals surface area contributed by atoms with Crippen molar-refractivity contribution in [1.29, 1.82) is 0 Å². The van der Waals surface area contributed by atoms with Crippen molar-refractivity contribution in [2.45, 2.75) is 18.4 Å². The summed E-state index contributed by atoms with van der Waals surface area (Å²) in [4.78, 5) is 2.53. The van der Waals surface area contributed by atoms with Gasteiger partial charge in [-0.05, 0) is 41.8 Å². The first-order chi connectivity index (χ1) is 13.8. The van der Waals surface area contributed by atoms with Crippen molar-refractivity contribution >= 4 is 24.8 Å². The molecule has 0 amide bonds. The van der Waals surface area contributed by atoms with Gasteiger partial charge in [0.2, 0.25) is 0 Å². The summed E-state index contributed by atoms with van der Waals surface area (Å²) < 4.78 is 16.7. The average molecular weight is 455 g/mol. The highest BCUT2D eigenvalue weighted by molar-refractivity contribution is 5.85. The Morgan fingerprint density at radius 3 is 2.37 bits per heavy atom. The van der Waals surface area contributed by atoms with Crippen LogP contribution in [0.5, 0.6) is 11.5 Å². The molecular formula is C23H32Cl2N2O3. The lowest BCUT2D eigenvalue weighted by Crippen LogP contribution is -2.43. The maximum absolute atomic E-state index is 5.61. The fourth-order valence-electron chi connectivity index (χ4n) is 4.44. The SMILES string of the molecule is COc1cc2c(cc1OC)C(C(CN1CCOCC1)c1ccccc1)NCC2.Cl.Cl. The Labute approximate surface area is 191 Å². The summed E-state index contributed by atoms with van der Waals surface area (Å²) in [5, 5.41) is 3.80. The van der Waals surface area contributed by atoms with Gasteiger partial charge in [0.25, 0.3) is 0 Å². The molecule has 0 aromatic heterocycles. The zero-order valence-electron chi connectivity index (χ0n) is 17.6. The van der Waals surface area contributed by atoms with Crippen LogP contribution in [0.3, 0.4) is 0 Å². The van der Waals surface area contributed by atoms with Crippen LogP contribution in [0.25, 0.3) is 0 Å². The summed E-state index contributed by atoms with van der Waals surface area (Å²) in [5.74, 6) is 1.97. The number of halogens is 2. The van der Waals surface area contributed by atoms with Gasteiger partial charge in [0.05, 0.1) is 27.4 Å². The summed E-state index contributed by atoms with van der Waals surface area (Å²) in [6, 6.07) is 15.4. The quantitative estimate of drug-likeness (QED) is 0.717. The third-order valence-corrected chi connectivity index (χ3v) is 5.93. The molecule has 0 saturated carbocycles. The van der Waals surface area contributed by atoms with Crippen LogP contribution in [-0.2, 0) is 11.2 Å². The van der Waals surface area contributed by atoms with E-state index in [1.54, 1.807) is 14.2 Å². The minimum atomic E-state index is 0. The summed E-state index contributed by atoms with van der Waals surface area (Å²) in [5.41, 5.74) is 4.05. The Bertz CT molecular complexity index is 786. The molecule has 0 radical (unpaired) electrons. The number of ether oxygens (including phenoxy) is 3. The minimum absolute atomic E-state index is 0. The molecule has 0 spiro atoms. The molecule has 166 valence electrons. The molecule has 0 aliphatic carbocycles. The summed E-state index contributed by atoms with van der Waals surface area (Å²) in [6.07, 6.45) is 1.01. The highest BCUT2D eigenvalue weighted by atomic mass is 35.5. The van der Waals surface area contributed by atoms with E-state index in [9.17, 15) is 0 Å². The molecule has 2 aliphatic rings. The van der Waals surface area contributed by atoms with Gasteiger partial charge in [0.15, 0.2) is 11.5 Å². The highest BCUT2D eigenvalue weighted by Gasteiger charge is 2.32. The highest BCUT2D eigenvalue weighted by Crippen LogP contribution is 2.40. The first-order valence-electron chi connectivity index (χ1n) is 10.1. The number of rotatable bonds is 6. The molecule has 2 aliphatic heterocycles. The van der Waals surface area contributed by atoms with Crippen LogP contribution in [0.15, 0.2) is 42.5 Å². The fraction of sp³-hybridized carbons (Fsp3) is 0.478. The maximum atomic E-state index is 5.61. The Hall–Kier alpha value is -1.50. The second-order valence-electron chi connectivity index (χ2n) is 7.52. The van der Waals surface area contributed by atoms with Gasteiger partial charge < -0.3 is 19.5 Å². The topological polar surface area (TPSA) is 43.0 Å². The average Bonchev–Trinajstić information content (AvgIpc) is 2.77. The molecule has 5 nitrogen and oxygen atoms in total. The predicted molar refractivity (Wildman–Crippen MR) is 125 cm³/mol. The molecule has 2 heterocycles. The van der Waals surface area contributed by atoms with Gasteiger partial charge >= 0.3 is 0 Å². The van der Waals surface area contributed by atoms with Gasteiger partial charge in [-0.1, -0.05) is 30.3 Å². The third-order valence-electron chi connectivity index (χ3n) is 5.93. The van der Waals surface area contributed by atoms with E-state index in [0.29, 0.717) is 5.92 Å². The van der Waals surface area contributed by atoms with E-state index in [0.717, 1.165) is 57.3 Å². The first kappa shape index (κ1) is 24.8. The van der Waals surface area contributed by atoms with Crippen LogP contribution >= 0.6 is 24.8 Å². The summed E-state index contributed by atoms with van der Waals surface area (Å²) in [7, 11) is 3.41. The lowest BCUT2D eigenvalue weighted by Gasteiger charge is -2.38. The van der Waals surface area contributed by atoms with Gasteiger partial charge in [0.1, 0.15) is 0 Å². The van der Waals surface area contributed by atoms with Crippen LogP contribution < -0.4 is 14.8 Å². The summed E-state index contributed by atoms with van der Waals surface area (Å²) in [6.45, 7) is 5.62. The van der Waals surface area contributed by atoms with Crippen LogP contribution in [0.2, 0.25) is 0 Å². The zero-order chi connectivity index (χ0) is 19.3. The molecule has 2 aromatic rings. The lowest BCUT2D eigenvalue weighted by atomic mass is 9.81. The first-order valence-corrected chi connectivity index (χ1v) is 10.1. The van der Waals surface area contributed by atoms with Crippen molar-refractivity contribution in [2.24, 2.45) is 0 Å². The number of nitrogens with zero attached hydrogens (tertiary/aromatic N) is 1. The van der Waals surface area contributed by atoms with Crippen molar-refractivity contribution in [3.8, 4) is 11.5 Å². The van der Waals surface area contributed by atoms with E-state index >= 15 is 0 Å². The van der Waals surface area contributed by atoms with E-state index < -0.39 is 0 Å². The number of methoxy groups -OCH3 is 2. The number of nitrogens with one attached hydrogen (secondary N) is 1. The van der Waals surface area contributed by atoms with Crippen LogP contribution in [0.1, 0.15) is 28.7 Å². The van der Waals surface area contributed by atoms with Crippen LogP contribution in [-0.4, -0.2) is 58.5 Å². The van der Waals surface area contributed by atoms with Crippen molar-refractivity contribution < 1.29 is 14.2 Å². The van der Waals surface area contributed by atoms with Gasteiger partial charge in [-0.2, -0.15) is 0 Å².